The summed E-state index contributed by atoms with van der Waals surface area (Å²) in [6.45, 7) is 4.31. The second-order valence-corrected chi connectivity index (χ2v) is 6.12. The van der Waals surface area contributed by atoms with Crippen molar-refractivity contribution < 1.29 is 19.1 Å². The van der Waals surface area contributed by atoms with E-state index >= 15 is 0 Å². The van der Waals surface area contributed by atoms with Gasteiger partial charge in [0.05, 0.1) is 24.0 Å². The van der Waals surface area contributed by atoms with Crippen LogP contribution in [0.5, 0.6) is 0 Å². The Labute approximate surface area is 129 Å². The molecule has 3 aliphatic heterocycles. The maximum absolute atomic E-state index is 12.4. The molecule has 3 rings (SSSR count). The third-order valence-electron chi connectivity index (χ3n) is 4.81. The molecule has 3 amide bonds. The first kappa shape index (κ1) is 15.4. The van der Waals surface area contributed by atoms with Crippen LogP contribution < -0.4 is 10.6 Å². The first-order valence-electron chi connectivity index (χ1n) is 8.11. The number of fused-ring (bicyclic) bond motifs is 5. The minimum atomic E-state index is -0.303. The zero-order chi connectivity index (χ0) is 15.7. The van der Waals surface area contributed by atoms with Gasteiger partial charge < -0.3 is 15.4 Å². The number of hydrogen-bond donors (Lipinski definition) is 2. The van der Waals surface area contributed by atoms with Crippen molar-refractivity contribution in [3.8, 4) is 0 Å². The average Bonchev–Trinajstić information content (AvgIpc) is 3.17. The number of likely N-dealkylation sites (N-methyl/N-ethyl adjacent to an activating group) is 1. The molecular weight excluding hydrogens is 286 g/mol. The molecule has 0 spiro atoms. The Balaban J connectivity index is 1.48. The topological polar surface area (TPSA) is 87.7 Å². The Morgan fingerprint density at radius 3 is 2.41 bits per heavy atom. The molecule has 4 unspecified atom stereocenters. The zero-order valence-corrected chi connectivity index (χ0v) is 12.8. The van der Waals surface area contributed by atoms with Crippen molar-refractivity contribution in [2.75, 3.05) is 26.2 Å². The van der Waals surface area contributed by atoms with E-state index in [4.69, 9.17) is 4.74 Å². The third kappa shape index (κ3) is 2.63. The second-order valence-electron chi connectivity index (χ2n) is 6.12. The molecular formula is C15H23N3O4. The molecule has 22 heavy (non-hydrogen) atoms. The molecule has 3 heterocycles. The fourth-order valence-corrected chi connectivity index (χ4v) is 3.76. The third-order valence-corrected chi connectivity index (χ3v) is 4.81. The monoisotopic (exact) mass is 309 g/mol. The Hall–Kier alpha value is -1.47. The second kappa shape index (κ2) is 6.34. The maximum atomic E-state index is 12.4. The number of carbonyl (C=O) groups excluding carboxylic acids is 3. The molecule has 0 aromatic rings. The average molecular weight is 309 g/mol. The summed E-state index contributed by atoms with van der Waals surface area (Å²) >= 11 is 0. The van der Waals surface area contributed by atoms with E-state index < -0.39 is 0 Å². The number of ether oxygens (including phenoxy) is 1. The highest BCUT2D eigenvalue weighted by atomic mass is 16.5. The van der Waals surface area contributed by atoms with Crippen LogP contribution in [-0.2, 0) is 19.1 Å². The van der Waals surface area contributed by atoms with E-state index in [0.717, 1.165) is 19.4 Å². The van der Waals surface area contributed by atoms with Crippen LogP contribution in [-0.4, -0.2) is 61.0 Å². The fraction of sp³-hybridized carbons (Fsp3) is 0.800. The number of rotatable bonds is 7. The number of hydrogen-bond acceptors (Lipinski definition) is 5. The first-order valence-corrected chi connectivity index (χ1v) is 8.11. The smallest absolute Gasteiger partial charge is 0.235 e. The first-order chi connectivity index (χ1) is 10.6. The molecule has 0 aromatic heterocycles. The van der Waals surface area contributed by atoms with Crippen LogP contribution in [0.25, 0.3) is 0 Å². The lowest BCUT2D eigenvalue weighted by Crippen LogP contribution is -2.38. The van der Waals surface area contributed by atoms with Gasteiger partial charge in [0.15, 0.2) is 0 Å². The van der Waals surface area contributed by atoms with Crippen molar-refractivity contribution in [1.82, 2.24) is 15.5 Å². The molecule has 3 saturated heterocycles. The van der Waals surface area contributed by atoms with E-state index in [1.807, 2.05) is 6.92 Å². The predicted molar refractivity (Wildman–Crippen MR) is 77.8 cm³/mol. The van der Waals surface area contributed by atoms with Crippen molar-refractivity contribution in [3.63, 3.8) is 0 Å². The van der Waals surface area contributed by atoms with Crippen molar-refractivity contribution in [2.24, 2.45) is 11.8 Å². The number of nitrogens with one attached hydrogen (secondary N) is 2. The van der Waals surface area contributed by atoms with Crippen LogP contribution in [0, 0.1) is 11.8 Å². The highest BCUT2D eigenvalue weighted by molar-refractivity contribution is 6.06. The van der Waals surface area contributed by atoms with Crippen molar-refractivity contribution in [3.05, 3.63) is 0 Å². The quantitative estimate of drug-likeness (QED) is 0.478. The molecule has 7 heteroatoms. The molecule has 4 atom stereocenters. The Morgan fingerprint density at radius 2 is 1.82 bits per heavy atom. The summed E-state index contributed by atoms with van der Waals surface area (Å²) in [6, 6.07) is 0. The van der Waals surface area contributed by atoms with Gasteiger partial charge in [-0.05, 0) is 19.4 Å². The molecule has 7 nitrogen and oxygen atoms in total. The standard InChI is InChI=1S/C15H23N3O4/c1-2-16-6-7-17-11(19)5-8-18-14(20)12-9-3-4-10(22-9)13(12)15(18)21/h9-10,12-13,16H,2-8H2,1H3,(H,17,19). The minimum Gasteiger partial charge on any atom is -0.373 e. The van der Waals surface area contributed by atoms with E-state index in [2.05, 4.69) is 10.6 Å². The van der Waals surface area contributed by atoms with Gasteiger partial charge in [-0.3, -0.25) is 19.3 Å². The molecule has 122 valence electrons. The van der Waals surface area contributed by atoms with E-state index in [1.165, 1.54) is 4.90 Å². The lowest BCUT2D eigenvalue weighted by Gasteiger charge is -2.17. The highest BCUT2D eigenvalue weighted by Gasteiger charge is 2.62. The summed E-state index contributed by atoms with van der Waals surface area (Å²) in [5, 5.41) is 5.89. The summed E-state index contributed by atoms with van der Waals surface area (Å²) in [5.41, 5.74) is 0. The van der Waals surface area contributed by atoms with Gasteiger partial charge >= 0.3 is 0 Å². The minimum absolute atomic E-state index is 0.0922. The van der Waals surface area contributed by atoms with E-state index in [1.54, 1.807) is 0 Å². The number of carbonyl (C=O) groups is 3. The molecule has 0 aliphatic carbocycles. The summed E-state index contributed by atoms with van der Waals surface area (Å²) in [5.74, 6) is -1.04. The van der Waals surface area contributed by atoms with Gasteiger partial charge in [-0.2, -0.15) is 0 Å². The molecule has 0 radical (unpaired) electrons. The molecule has 3 aliphatic rings. The Bertz CT molecular complexity index is 453. The lowest BCUT2D eigenvalue weighted by atomic mass is 9.81. The lowest BCUT2D eigenvalue weighted by molar-refractivity contribution is -0.142. The van der Waals surface area contributed by atoms with Crippen LogP contribution in [0.4, 0.5) is 0 Å². The molecule has 2 bridgehead atoms. The van der Waals surface area contributed by atoms with Crippen LogP contribution in [0.15, 0.2) is 0 Å². The van der Waals surface area contributed by atoms with Crippen molar-refractivity contribution in [1.29, 1.82) is 0 Å². The van der Waals surface area contributed by atoms with Crippen LogP contribution >= 0.6 is 0 Å². The van der Waals surface area contributed by atoms with E-state index in [-0.39, 0.29) is 54.7 Å². The molecule has 2 N–H and O–H groups in total. The number of imide groups is 1. The van der Waals surface area contributed by atoms with Gasteiger partial charge in [0.2, 0.25) is 17.7 Å². The summed E-state index contributed by atoms with van der Waals surface area (Å²) in [4.78, 5) is 37.8. The van der Waals surface area contributed by atoms with Crippen LogP contribution in [0.3, 0.4) is 0 Å². The van der Waals surface area contributed by atoms with Gasteiger partial charge in [-0.15, -0.1) is 0 Å². The predicted octanol–water partition coefficient (Wildman–Crippen LogP) is -0.735. The van der Waals surface area contributed by atoms with Gasteiger partial charge in [0.1, 0.15) is 0 Å². The number of likely N-dealkylation sites (tertiary alicyclic amines) is 1. The SMILES string of the molecule is CCNCCNC(=O)CCN1C(=O)C2C3CCC(O3)C2C1=O. The number of nitrogens with zero attached hydrogens (tertiary/aromatic N) is 1. The van der Waals surface area contributed by atoms with Crippen molar-refractivity contribution >= 4 is 17.7 Å². The van der Waals surface area contributed by atoms with Gasteiger partial charge in [0.25, 0.3) is 0 Å². The van der Waals surface area contributed by atoms with Gasteiger partial charge in [0, 0.05) is 26.1 Å². The van der Waals surface area contributed by atoms with Gasteiger partial charge in [-0.25, -0.2) is 0 Å². The fourth-order valence-electron chi connectivity index (χ4n) is 3.76. The molecule has 3 fully saturated rings. The van der Waals surface area contributed by atoms with Gasteiger partial charge in [-0.1, -0.05) is 6.92 Å². The maximum Gasteiger partial charge on any atom is 0.235 e. The van der Waals surface area contributed by atoms with Crippen molar-refractivity contribution in [2.45, 2.75) is 38.4 Å². The van der Waals surface area contributed by atoms with Crippen LogP contribution in [0.1, 0.15) is 26.2 Å². The normalized spacial score (nSPS) is 32.7. The zero-order valence-electron chi connectivity index (χ0n) is 12.8. The van der Waals surface area contributed by atoms with E-state index in [9.17, 15) is 14.4 Å². The number of amides is 3. The summed E-state index contributed by atoms with van der Waals surface area (Å²) in [7, 11) is 0. The highest BCUT2D eigenvalue weighted by Crippen LogP contribution is 2.48. The Kier molecular flexibility index (Phi) is 4.44. The largest absolute Gasteiger partial charge is 0.373 e. The van der Waals surface area contributed by atoms with E-state index in [0.29, 0.717) is 13.1 Å². The Morgan fingerprint density at radius 1 is 1.18 bits per heavy atom. The van der Waals surface area contributed by atoms with Crippen LogP contribution in [0.2, 0.25) is 0 Å². The summed E-state index contributed by atoms with van der Waals surface area (Å²) < 4.78 is 5.68. The molecule has 0 aromatic carbocycles. The molecule has 0 saturated carbocycles. The summed E-state index contributed by atoms with van der Waals surface area (Å²) in [6.07, 6.45) is 1.71.